The molecule has 0 saturated heterocycles. The van der Waals surface area contributed by atoms with Gasteiger partial charge in [-0.1, -0.05) is 66.7 Å². The Hall–Kier alpha value is -4.42. The second kappa shape index (κ2) is 7.57. The van der Waals surface area contributed by atoms with Crippen LogP contribution in [0.2, 0.25) is 0 Å². The number of nitrogens with zero attached hydrogens (tertiary/aromatic N) is 3. The lowest BCUT2D eigenvalue weighted by Crippen LogP contribution is -2.26. The summed E-state index contributed by atoms with van der Waals surface area (Å²) in [5.74, 6) is 0.877. The Bertz CT molecular complexity index is 1740. The number of hydrogen-bond donors (Lipinski definition) is 0. The number of aromatic nitrogens is 1. The maximum atomic E-state index is 10.6. The molecule has 6 rings (SSSR count). The molecule has 34 heavy (non-hydrogen) atoms. The lowest BCUT2D eigenvalue weighted by atomic mass is 9.90. The second-order valence-corrected chi connectivity index (χ2v) is 8.88. The van der Waals surface area contributed by atoms with E-state index in [-0.39, 0.29) is 0 Å². The monoisotopic (exact) mass is 438 g/mol. The van der Waals surface area contributed by atoms with Gasteiger partial charge in [-0.15, -0.1) is 0 Å². The SMILES string of the molecule is C/C1=C(C#N)/C(n2c3ccccc3c3cccc(C)c32)=[N+](/C)c2ccccc2-c2ccccc21. The molecule has 0 saturated carbocycles. The Morgan fingerprint density at radius 3 is 2.15 bits per heavy atom. The number of para-hydroxylation sites is 3. The first-order valence-electron chi connectivity index (χ1n) is 11.5. The third kappa shape index (κ3) is 2.72. The number of fused-ring (bicyclic) bond motifs is 6. The number of rotatable bonds is 0. The minimum atomic E-state index is 0.676. The molecule has 0 bridgehead atoms. The van der Waals surface area contributed by atoms with E-state index in [2.05, 4.69) is 127 Å². The summed E-state index contributed by atoms with van der Waals surface area (Å²) in [6.07, 6.45) is 0. The molecule has 0 spiro atoms. The molecular formula is C31H24N3+. The van der Waals surface area contributed by atoms with Gasteiger partial charge >= 0.3 is 5.84 Å². The molecule has 162 valence electrons. The fourth-order valence-electron chi connectivity index (χ4n) is 5.43. The standard InChI is InChI=1S/C31H24N3/c1-20-11-10-16-26-25-15-7-9-18-29(25)34(30(20)26)31-27(19-32)21(2)22-12-4-5-13-23(22)24-14-6-8-17-28(24)33(31)3/h4-18H,1-3H3/q+1/b22-21?,24-23?,27-21-,31-27?. The number of aryl methyl sites for hydroxylation is 1. The van der Waals surface area contributed by atoms with Gasteiger partial charge in [-0.2, -0.15) is 9.83 Å². The molecular weight excluding hydrogens is 414 g/mol. The summed E-state index contributed by atoms with van der Waals surface area (Å²) in [6.45, 7) is 4.22. The van der Waals surface area contributed by atoms with Crippen LogP contribution in [0.25, 0.3) is 38.5 Å². The highest BCUT2D eigenvalue weighted by atomic mass is 15.2. The Balaban J connectivity index is 1.87. The normalized spacial score (nSPS) is 17.7. The summed E-state index contributed by atoms with van der Waals surface area (Å²) < 4.78 is 4.47. The predicted molar refractivity (Wildman–Crippen MR) is 141 cm³/mol. The minimum absolute atomic E-state index is 0.676. The molecule has 0 N–H and O–H groups in total. The summed E-state index contributed by atoms with van der Waals surface area (Å²) in [5.41, 5.74) is 9.54. The average Bonchev–Trinajstić information content (AvgIpc) is 3.21. The number of allylic oxidation sites excluding steroid dienone is 2. The first-order valence-corrected chi connectivity index (χ1v) is 11.5. The van der Waals surface area contributed by atoms with E-state index in [1.165, 1.54) is 16.3 Å². The van der Waals surface area contributed by atoms with Gasteiger partial charge in [-0.05, 0) is 60.4 Å². The first kappa shape index (κ1) is 20.2. The van der Waals surface area contributed by atoms with Gasteiger partial charge in [0.15, 0.2) is 0 Å². The van der Waals surface area contributed by atoms with Crippen LogP contribution >= 0.6 is 0 Å². The van der Waals surface area contributed by atoms with Crippen molar-refractivity contribution in [3.05, 3.63) is 108 Å². The summed E-state index contributed by atoms with van der Waals surface area (Å²) in [6, 6.07) is 34.4. The third-order valence-electron chi connectivity index (χ3n) is 7.02. The predicted octanol–water partition coefficient (Wildman–Crippen LogP) is 7.30. The van der Waals surface area contributed by atoms with Gasteiger partial charge in [0.2, 0.25) is 0 Å². The molecule has 3 nitrogen and oxygen atoms in total. The Kier molecular flexibility index (Phi) is 4.50. The molecule has 1 aromatic heterocycles. The molecule has 1 aliphatic rings. The maximum absolute atomic E-state index is 10.6. The van der Waals surface area contributed by atoms with E-state index in [1.54, 1.807) is 0 Å². The van der Waals surface area contributed by atoms with Gasteiger partial charge in [-0.3, -0.25) is 0 Å². The van der Waals surface area contributed by atoms with E-state index >= 15 is 0 Å². The molecule has 0 radical (unpaired) electrons. The van der Waals surface area contributed by atoms with Crippen LogP contribution in [-0.4, -0.2) is 22.0 Å². The Labute approximate surface area is 199 Å². The molecule has 1 aliphatic heterocycles. The number of hydrogen-bond acceptors (Lipinski definition) is 1. The van der Waals surface area contributed by atoms with Gasteiger partial charge in [-0.25, -0.2) is 4.58 Å². The molecule has 2 heterocycles. The number of benzene rings is 4. The summed E-state index contributed by atoms with van der Waals surface area (Å²) >= 11 is 0. The topological polar surface area (TPSA) is 31.7 Å². The van der Waals surface area contributed by atoms with Crippen molar-refractivity contribution in [3.8, 4) is 17.2 Å². The smallest absolute Gasteiger partial charge is 0.228 e. The van der Waals surface area contributed by atoms with Crippen molar-refractivity contribution < 1.29 is 4.58 Å². The van der Waals surface area contributed by atoms with Crippen LogP contribution in [0.5, 0.6) is 0 Å². The summed E-state index contributed by atoms with van der Waals surface area (Å²) in [5, 5.41) is 13.0. The van der Waals surface area contributed by atoms with Crippen molar-refractivity contribution in [3.63, 3.8) is 0 Å². The first-order chi connectivity index (χ1) is 16.6. The van der Waals surface area contributed by atoms with E-state index in [9.17, 15) is 5.26 Å². The Morgan fingerprint density at radius 1 is 0.706 bits per heavy atom. The van der Waals surface area contributed by atoms with Crippen LogP contribution < -0.4 is 0 Å². The zero-order chi connectivity index (χ0) is 23.4. The van der Waals surface area contributed by atoms with Crippen molar-refractivity contribution >= 4 is 38.9 Å². The van der Waals surface area contributed by atoms with Crippen LogP contribution in [0.4, 0.5) is 5.69 Å². The average molecular weight is 439 g/mol. The van der Waals surface area contributed by atoms with Crippen LogP contribution in [0.15, 0.2) is 96.6 Å². The molecule has 0 fully saturated rings. The highest BCUT2D eigenvalue weighted by Gasteiger charge is 2.32. The molecule has 0 unspecified atom stereocenters. The summed E-state index contributed by atoms with van der Waals surface area (Å²) in [7, 11) is 2.08. The van der Waals surface area contributed by atoms with Crippen LogP contribution in [0.3, 0.4) is 0 Å². The van der Waals surface area contributed by atoms with Crippen molar-refractivity contribution in [2.75, 3.05) is 7.05 Å². The van der Waals surface area contributed by atoms with Crippen LogP contribution in [0, 0.1) is 18.3 Å². The van der Waals surface area contributed by atoms with Crippen LogP contribution in [-0.2, 0) is 0 Å². The quantitative estimate of drug-likeness (QED) is 0.233. The molecule has 3 heteroatoms. The van der Waals surface area contributed by atoms with Crippen molar-refractivity contribution in [1.29, 1.82) is 5.26 Å². The Morgan fingerprint density at radius 2 is 1.35 bits per heavy atom. The van der Waals surface area contributed by atoms with Crippen molar-refractivity contribution in [2.45, 2.75) is 13.8 Å². The highest BCUT2D eigenvalue weighted by molar-refractivity contribution is 6.20. The molecule has 4 aromatic carbocycles. The zero-order valence-electron chi connectivity index (χ0n) is 19.5. The second-order valence-electron chi connectivity index (χ2n) is 8.88. The van der Waals surface area contributed by atoms with Crippen molar-refractivity contribution in [1.82, 2.24) is 4.57 Å². The highest BCUT2D eigenvalue weighted by Crippen LogP contribution is 2.40. The van der Waals surface area contributed by atoms with Gasteiger partial charge in [0, 0.05) is 16.3 Å². The van der Waals surface area contributed by atoms with Gasteiger partial charge in [0.25, 0.3) is 0 Å². The zero-order valence-corrected chi connectivity index (χ0v) is 19.5. The van der Waals surface area contributed by atoms with E-state index in [0.29, 0.717) is 5.57 Å². The largest absolute Gasteiger partial charge is 0.305 e. The molecule has 0 atom stereocenters. The van der Waals surface area contributed by atoms with Crippen LogP contribution in [0.1, 0.15) is 18.1 Å². The minimum Gasteiger partial charge on any atom is -0.228 e. The van der Waals surface area contributed by atoms with Gasteiger partial charge in [0.1, 0.15) is 28.4 Å². The fraction of sp³-hybridized carbons (Fsp3) is 0.0968. The van der Waals surface area contributed by atoms with Gasteiger partial charge in [0.05, 0.1) is 7.05 Å². The third-order valence-corrected chi connectivity index (χ3v) is 7.02. The van der Waals surface area contributed by atoms with E-state index in [4.69, 9.17) is 0 Å². The number of nitriles is 1. The fourth-order valence-corrected chi connectivity index (χ4v) is 5.43. The van der Waals surface area contributed by atoms with E-state index < -0.39 is 0 Å². The van der Waals surface area contributed by atoms with E-state index in [0.717, 1.165) is 44.8 Å². The van der Waals surface area contributed by atoms with Gasteiger partial charge < -0.3 is 0 Å². The lowest BCUT2D eigenvalue weighted by Gasteiger charge is -2.20. The molecule has 0 aliphatic carbocycles. The summed E-state index contributed by atoms with van der Waals surface area (Å²) in [4.78, 5) is 0. The van der Waals surface area contributed by atoms with E-state index in [1.807, 2.05) is 0 Å². The molecule has 5 aromatic rings. The van der Waals surface area contributed by atoms with Crippen molar-refractivity contribution in [2.24, 2.45) is 0 Å². The molecule has 0 amide bonds. The lowest BCUT2D eigenvalue weighted by molar-refractivity contribution is -0.405. The maximum Gasteiger partial charge on any atom is 0.305 e.